The molecule has 1 amide bonds. The minimum Gasteiger partial charge on any atom is -0.399 e. The van der Waals surface area contributed by atoms with Gasteiger partial charge in [0.15, 0.2) is 0 Å². The Morgan fingerprint density at radius 1 is 1.29 bits per heavy atom. The SMILES string of the molecule is Cc1c(N)ccc(C(=O)NC23CC(C2)C3)c1C. The standard InChI is InChI=1S/C14H18N2O/c1-8-9(2)12(15)4-3-11(8)13(17)16-14-5-10(6-14)7-14/h3-4,10H,5-7,15H2,1-2H3,(H,16,17). The summed E-state index contributed by atoms with van der Waals surface area (Å²) in [5.74, 6) is 0.938. The molecule has 0 aromatic heterocycles. The summed E-state index contributed by atoms with van der Waals surface area (Å²) in [5.41, 5.74) is 9.50. The predicted molar refractivity (Wildman–Crippen MR) is 67.9 cm³/mol. The highest BCUT2D eigenvalue weighted by atomic mass is 16.1. The average molecular weight is 230 g/mol. The molecule has 0 heterocycles. The summed E-state index contributed by atoms with van der Waals surface area (Å²) in [4.78, 5) is 12.2. The summed E-state index contributed by atoms with van der Waals surface area (Å²) in [6, 6.07) is 3.65. The van der Waals surface area contributed by atoms with Crippen molar-refractivity contribution in [2.24, 2.45) is 5.92 Å². The maximum atomic E-state index is 12.2. The topological polar surface area (TPSA) is 55.1 Å². The first-order valence-corrected chi connectivity index (χ1v) is 6.19. The number of benzene rings is 1. The van der Waals surface area contributed by atoms with Crippen LogP contribution < -0.4 is 11.1 Å². The van der Waals surface area contributed by atoms with Crippen LogP contribution in [0.15, 0.2) is 12.1 Å². The molecule has 0 aliphatic heterocycles. The van der Waals surface area contributed by atoms with Crippen molar-refractivity contribution in [3.63, 3.8) is 0 Å². The van der Waals surface area contributed by atoms with Crippen LogP contribution >= 0.6 is 0 Å². The fourth-order valence-corrected chi connectivity index (χ4v) is 3.03. The molecule has 3 nitrogen and oxygen atoms in total. The van der Waals surface area contributed by atoms with Gasteiger partial charge in [-0.15, -0.1) is 0 Å². The molecule has 0 unspecified atom stereocenters. The lowest BCUT2D eigenvalue weighted by molar-refractivity contribution is -0.0438. The van der Waals surface area contributed by atoms with E-state index in [-0.39, 0.29) is 11.4 Å². The molecule has 2 bridgehead atoms. The van der Waals surface area contributed by atoms with Gasteiger partial charge >= 0.3 is 0 Å². The number of carbonyl (C=O) groups is 1. The first-order chi connectivity index (χ1) is 8.01. The number of rotatable bonds is 2. The summed E-state index contributed by atoms with van der Waals surface area (Å²) in [6.07, 6.45) is 3.52. The summed E-state index contributed by atoms with van der Waals surface area (Å²) < 4.78 is 0. The molecule has 90 valence electrons. The molecule has 3 fully saturated rings. The molecule has 1 aromatic carbocycles. The maximum absolute atomic E-state index is 12.2. The van der Waals surface area contributed by atoms with Crippen LogP contribution in [-0.2, 0) is 0 Å². The summed E-state index contributed by atoms with van der Waals surface area (Å²) >= 11 is 0. The lowest BCUT2D eigenvalue weighted by Gasteiger charge is -2.61. The van der Waals surface area contributed by atoms with E-state index in [4.69, 9.17) is 5.73 Å². The highest BCUT2D eigenvalue weighted by Gasteiger charge is 2.57. The van der Waals surface area contributed by atoms with Crippen LogP contribution in [0.4, 0.5) is 5.69 Å². The number of hydrogen-bond donors (Lipinski definition) is 2. The molecular weight excluding hydrogens is 212 g/mol. The first kappa shape index (κ1) is 10.6. The van der Waals surface area contributed by atoms with E-state index in [1.54, 1.807) is 0 Å². The molecule has 0 spiro atoms. The van der Waals surface area contributed by atoms with Crippen LogP contribution in [0.3, 0.4) is 0 Å². The fraction of sp³-hybridized carbons (Fsp3) is 0.500. The Labute approximate surface area is 101 Å². The number of nitrogen functional groups attached to an aromatic ring is 1. The Morgan fingerprint density at radius 2 is 1.94 bits per heavy atom. The number of carbonyl (C=O) groups excluding carboxylic acids is 1. The minimum atomic E-state index is 0.0590. The normalized spacial score (nSPS) is 29.2. The molecular formula is C14H18N2O. The third-order valence-corrected chi connectivity index (χ3v) is 4.49. The first-order valence-electron chi connectivity index (χ1n) is 6.19. The average Bonchev–Trinajstić information content (AvgIpc) is 2.18. The maximum Gasteiger partial charge on any atom is 0.251 e. The Kier molecular flexibility index (Phi) is 2.03. The van der Waals surface area contributed by atoms with Crippen molar-refractivity contribution in [1.82, 2.24) is 5.32 Å². The molecule has 1 aromatic rings. The van der Waals surface area contributed by atoms with Crippen LogP contribution in [0.1, 0.15) is 40.7 Å². The van der Waals surface area contributed by atoms with Crippen molar-refractivity contribution in [2.45, 2.75) is 38.6 Å². The second kappa shape index (κ2) is 3.25. The van der Waals surface area contributed by atoms with Gasteiger partial charge in [0.1, 0.15) is 0 Å². The molecule has 3 N–H and O–H groups in total. The van der Waals surface area contributed by atoms with Crippen molar-refractivity contribution >= 4 is 11.6 Å². The fourth-order valence-electron chi connectivity index (χ4n) is 3.03. The summed E-state index contributed by atoms with van der Waals surface area (Å²) in [5, 5.41) is 3.18. The van der Waals surface area contributed by atoms with E-state index in [1.807, 2.05) is 26.0 Å². The minimum absolute atomic E-state index is 0.0590. The second-order valence-corrected chi connectivity index (χ2v) is 5.67. The van der Waals surface area contributed by atoms with Gasteiger partial charge in [-0.1, -0.05) is 0 Å². The number of nitrogens with two attached hydrogens (primary N) is 1. The molecule has 4 rings (SSSR count). The van der Waals surface area contributed by atoms with Gasteiger partial charge in [-0.25, -0.2) is 0 Å². The van der Waals surface area contributed by atoms with Gasteiger partial charge in [-0.05, 0) is 62.3 Å². The van der Waals surface area contributed by atoms with Crippen molar-refractivity contribution < 1.29 is 4.79 Å². The van der Waals surface area contributed by atoms with E-state index in [0.717, 1.165) is 28.3 Å². The largest absolute Gasteiger partial charge is 0.399 e. The quantitative estimate of drug-likeness (QED) is 0.765. The van der Waals surface area contributed by atoms with Gasteiger partial charge in [0.2, 0.25) is 0 Å². The van der Waals surface area contributed by atoms with Crippen LogP contribution in [0.5, 0.6) is 0 Å². The third kappa shape index (κ3) is 1.45. The molecule has 3 aliphatic carbocycles. The Bertz CT molecular complexity index is 490. The summed E-state index contributed by atoms with van der Waals surface area (Å²) in [6.45, 7) is 3.92. The van der Waals surface area contributed by atoms with Gasteiger partial charge in [0.25, 0.3) is 5.91 Å². The van der Waals surface area contributed by atoms with E-state index in [1.165, 1.54) is 19.3 Å². The number of nitrogens with one attached hydrogen (secondary N) is 1. The zero-order chi connectivity index (χ0) is 12.2. The van der Waals surface area contributed by atoms with Crippen LogP contribution in [0.2, 0.25) is 0 Å². The monoisotopic (exact) mass is 230 g/mol. The van der Waals surface area contributed by atoms with E-state index in [9.17, 15) is 4.79 Å². The smallest absolute Gasteiger partial charge is 0.251 e. The van der Waals surface area contributed by atoms with E-state index >= 15 is 0 Å². The van der Waals surface area contributed by atoms with Crippen molar-refractivity contribution in [2.75, 3.05) is 5.73 Å². The van der Waals surface area contributed by atoms with Crippen LogP contribution in [-0.4, -0.2) is 11.4 Å². The zero-order valence-electron chi connectivity index (χ0n) is 10.3. The lowest BCUT2D eigenvalue weighted by atomic mass is 9.50. The van der Waals surface area contributed by atoms with Gasteiger partial charge in [0.05, 0.1) is 0 Å². The van der Waals surface area contributed by atoms with E-state index < -0.39 is 0 Å². The predicted octanol–water partition coefficient (Wildman–Crippen LogP) is 2.17. The molecule has 17 heavy (non-hydrogen) atoms. The van der Waals surface area contributed by atoms with Gasteiger partial charge in [-0.3, -0.25) is 4.79 Å². The van der Waals surface area contributed by atoms with Gasteiger partial charge in [-0.2, -0.15) is 0 Å². The van der Waals surface area contributed by atoms with Crippen LogP contribution in [0.25, 0.3) is 0 Å². The molecule has 0 radical (unpaired) electrons. The van der Waals surface area contributed by atoms with Crippen molar-refractivity contribution in [3.05, 3.63) is 28.8 Å². The van der Waals surface area contributed by atoms with Crippen molar-refractivity contribution in [1.29, 1.82) is 0 Å². The Morgan fingerprint density at radius 3 is 2.47 bits per heavy atom. The number of anilines is 1. The van der Waals surface area contributed by atoms with E-state index in [2.05, 4.69) is 5.32 Å². The Hall–Kier alpha value is -1.51. The van der Waals surface area contributed by atoms with E-state index in [0.29, 0.717) is 0 Å². The molecule has 3 saturated carbocycles. The van der Waals surface area contributed by atoms with Crippen LogP contribution in [0, 0.1) is 19.8 Å². The second-order valence-electron chi connectivity index (χ2n) is 5.67. The third-order valence-electron chi connectivity index (χ3n) is 4.49. The van der Waals surface area contributed by atoms with Gasteiger partial charge < -0.3 is 11.1 Å². The zero-order valence-corrected chi connectivity index (χ0v) is 10.3. The lowest BCUT2D eigenvalue weighted by Crippen LogP contribution is -2.68. The highest BCUT2D eigenvalue weighted by molar-refractivity contribution is 5.97. The van der Waals surface area contributed by atoms with Crippen molar-refractivity contribution in [3.8, 4) is 0 Å². The highest BCUT2D eigenvalue weighted by Crippen LogP contribution is 2.57. The Balaban J connectivity index is 1.83. The number of hydrogen-bond acceptors (Lipinski definition) is 2. The summed E-state index contributed by atoms with van der Waals surface area (Å²) in [7, 11) is 0. The molecule has 3 heteroatoms. The number of amides is 1. The molecule has 0 saturated heterocycles. The molecule has 3 aliphatic rings. The van der Waals surface area contributed by atoms with Gasteiger partial charge in [0, 0.05) is 16.8 Å². The molecule has 0 atom stereocenters.